The molecule has 6 heteroatoms. The van der Waals surface area contributed by atoms with Crippen LogP contribution >= 0.6 is 35.6 Å². The van der Waals surface area contributed by atoms with Crippen LogP contribution in [0.2, 0.25) is 5.02 Å². The van der Waals surface area contributed by atoms with Gasteiger partial charge in [-0.25, -0.2) is 0 Å². The summed E-state index contributed by atoms with van der Waals surface area (Å²) in [6, 6.07) is 7.31. The van der Waals surface area contributed by atoms with Gasteiger partial charge >= 0.3 is 0 Å². The van der Waals surface area contributed by atoms with E-state index in [1.165, 1.54) is 11.8 Å². The van der Waals surface area contributed by atoms with Crippen molar-refractivity contribution in [2.75, 3.05) is 20.3 Å². The van der Waals surface area contributed by atoms with E-state index in [9.17, 15) is 4.79 Å². The number of nitrogens with zero attached hydrogens (tertiary/aromatic N) is 1. The van der Waals surface area contributed by atoms with E-state index in [1.54, 1.807) is 24.1 Å². The number of thiocarbonyl (C=S) groups is 1. The van der Waals surface area contributed by atoms with Crippen molar-refractivity contribution in [2.45, 2.75) is 0 Å². The van der Waals surface area contributed by atoms with Gasteiger partial charge in [-0.1, -0.05) is 47.7 Å². The van der Waals surface area contributed by atoms with Gasteiger partial charge in [0.1, 0.15) is 4.32 Å². The highest BCUT2D eigenvalue weighted by molar-refractivity contribution is 8.26. The van der Waals surface area contributed by atoms with Gasteiger partial charge in [0.2, 0.25) is 0 Å². The quantitative estimate of drug-likeness (QED) is 0.631. The van der Waals surface area contributed by atoms with Gasteiger partial charge in [-0.15, -0.1) is 0 Å². The Morgan fingerprint density at radius 2 is 2.11 bits per heavy atom. The second-order valence-electron chi connectivity index (χ2n) is 3.88. The van der Waals surface area contributed by atoms with Crippen molar-refractivity contribution < 1.29 is 9.53 Å². The summed E-state index contributed by atoms with van der Waals surface area (Å²) < 4.78 is 5.54. The van der Waals surface area contributed by atoms with Crippen LogP contribution in [0.15, 0.2) is 29.2 Å². The highest BCUT2D eigenvalue weighted by Crippen LogP contribution is 2.32. The third kappa shape index (κ3) is 3.57. The molecule has 1 aliphatic rings. The first kappa shape index (κ1) is 14.5. The predicted octanol–water partition coefficient (Wildman–Crippen LogP) is 3.19. The van der Waals surface area contributed by atoms with Crippen molar-refractivity contribution >= 4 is 51.9 Å². The van der Waals surface area contributed by atoms with Crippen LogP contribution in [0, 0.1) is 0 Å². The maximum atomic E-state index is 12.2. The monoisotopic (exact) mass is 313 g/mol. The minimum Gasteiger partial charge on any atom is -0.383 e. The number of carbonyl (C=O) groups is 1. The standard InChI is InChI=1S/C13H12ClNO2S2/c1-17-7-6-15-12(16)11(19-13(15)18)8-9-2-4-10(14)5-3-9/h2-5,8H,6-7H2,1H3. The second kappa shape index (κ2) is 6.52. The van der Waals surface area contributed by atoms with Gasteiger partial charge in [0.15, 0.2) is 0 Å². The van der Waals surface area contributed by atoms with E-state index in [-0.39, 0.29) is 5.91 Å². The molecule has 0 spiro atoms. The van der Waals surface area contributed by atoms with Gasteiger partial charge in [0.05, 0.1) is 18.1 Å². The molecule has 0 radical (unpaired) electrons. The molecule has 1 aliphatic heterocycles. The Bertz CT molecular complexity index is 528. The maximum Gasteiger partial charge on any atom is 0.266 e. The molecule has 1 saturated heterocycles. The van der Waals surface area contributed by atoms with Crippen LogP contribution in [0.1, 0.15) is 5.56 Å². The molecule has 0 atom stereocenters. The van der Waals surface area contributed by atoms with E-state index in [0.717, 1.165) is 5.56 Å². The number of hydrogen-bond donors (Lipinski definition) is 0. The molecular formula is C13H12ClNO2S2. The second-order valence-corrected chi connectivity index (χ2v) is 5.99. The number of benzene rings is 1. The zero-order valence-corrected chi connectivity index (χ0v) is 12.6. The largest absolute Gasteiger partial charge is 0.383 e. The average Bonchev–Trinajstić information content (AvgIpc) is 2.65. The lowest BCUT2D eigenvalue weighted by molar-refractivity contribution is -0.122. The lowest BCUT2D eigenvalue weighted by atomic mass is 10.2. The molecular weight excluding hydrogens is 302 g/mol. The molecule has 1 fully saturated rings. The van der Waals surface area contributed by atoms with E-state index in [0.29, 0.717) is 27.4 Å². The Morgan fingerprint density at radius 3 is 2.74 bits per heavy atom. The number of hydrogen-bond acceptors (Lipinski definition) is 4. The fourth-order valence-electron chi connectivity index (χ4n) is 1.59. The van der Waals surface area contributed by atoms with Gasteiger partial charge in [0.25, 0.3) is 5.91 Å². The number of ether oxygens (including phenoxy) is 1. The number of thioether (sulfide) groups is 1. The minimum absolute atomic E-state index is 0.0676. The van der Waals surface area contributed by atoms with E-state index >= 15 is 0 Å². The summed E-state index contributed by atoms with van der Waals surface area (Å²) >= 11 is 12.3. The molecule has 1 amide bonds. The zero-order chi connectivity index (χ0) is 13.8. The van der Waals surface area contributed by atoms with Crippen molar-refractivity contribution in [1.29, 1.82) is 0 Å². The summed E-state index contributed by atoms with van der Waals surface area (Å²) in [6.45, 7) is 0.958. The molecule has 0 N–H and O–H groups in total. The molecule has 19 heavy (non-hydrogen) atoms. The van der Waals surface area contributed by atoms with Crippen molar-refractivity contribution in [1.82, 2.24) is 4.90 Å². The number of amides is 1. The molecule has 1 aromatic carbocycles. The number of rotatable bonds is 4. The van der Waals surface area contributed by atoms with E-state index in [4.69, 9.17) is 28.6 Å². The van der Waals surface area contributed by atoms with Crippen LogP contribution in [0.4, 0.5) is 0 Å². The fourth-order valence-corrected chi connectivity index (χ4v) is 3.02. The molecule has 0 bridgehead atoms. The summed E-state index contributed by atoms with van der Waals surface area (Å²) in [7, 11) is 1.60. The van der Waals surface area contributed by atoms with Crippen molar-refractivity contribution in [3.8, 4) is 0 Å². The lowest BCUT2D eigenvalue weighted by Crippen LogP contribution is -2.31. The first-order valence-electron chi connectivity index (χ1n) is 5.61. The van der Waals surface area contributed by atoms with Gasteiger partial charge in [-0.05, 0) is 23.8 Å². The zero-order valence-electron chi connectivity index (χ0n) is 10.3. The highest BCUT2D eigenvalue weighted by atomic mass is 35.5. The molecule has 1 heterocycles. The van der Waals surface area contributed by atoms with Crippen LogP contribution in [-0.2, 0) is 9.53 Å². The summed E-state index contributed by atoms with van der Waals surface area (Å²) in [5, 5.41) is 0.671. The maximum absolute atomic E-state index is 12.2. The topological polar surface area (TPSA) is 29.5 Å². The van der Waals surface area contributed by atoms with E-state index in [2.05, 4.69) is 0 Å². The normalized spacial score (nSPS) is 17.6. The van der Waals surface area contributed by atoms with Gasteiger partial charge in [-0.3, -0.25) is 9.69 Å². The number of carbonyl (C=O) groups excluding carboxylic acids is 1. The minimum atomic E-state index is -0.0676. The molecule has 0 saturated carbocycles. The summed E-state index contributed by atoms with van der Waals surface area (Å²) in [4.78, 5) is 14.3. The molecule has 1 aromatic rings. The lowest BCUT2D eigenvalue weighted by Gasteiger charge is -2.12. The first-order chi connectivity index (χ1) is 9.11. The van der Waals surface area contributed by atoms with Crippen LogP contribution in [0.5, 0.6) is 0 Å². The Kier molecular flexibility index (Phi) is 4.99. The van der Waals surface area contributed by atoms with E-state index in [1.807, 2.05) is 18.2 Å². The third-order valence-corrected chi connectivity index (χ3v) is 4.19. The van der Waals surface area contributed by atoms with Gasteiger partial charge < -0.3 is 4.74 Å². The molecule has 3 nitrogen and oxygen atoms in total. The molecule has 0 aliphatic carbocycles. The van der Waals surface area contributed by atoms with Crippen LogP contribution in [-0.4, -0.2) is 35.4 Å². The molecule has 2 rings (SSSR count). The van der Waals surface area contributed by atoms with Crippen molar-refractivity contribution in [3.63, 3.8) is 0 Å². The van der Waals surface area contributed by atoms with Crippen molar-refractivity contribution in [3.05, 3.63) is 39.8 Å². The Balaban J connectivity index is 2.16. The third-order valence-electron chi connectivity index (χ3n) is 2.56. The molecule has 0 aromatic heterocycles. The van der Waals surface area contributed by atoms with E-state index < -0.39 is 0 Å². The summed E-state index contributed by atoms with van der Waals surface area (Å²) in [5.41, 5.74) is 0.927. The van der Waals surface area contributed by atoms with Crippen LogP contribution in [0.3, 0.4) is 0 Å². The Hall–Kier alpha value is -0.880. The summed E-state index contributed by atoms with van der Waals surface area (Å²) in [6.07, 6.45) is 1.82. The smallest absolute Gasteiger partial charge is 0.266 e. The van der Waals surface area contributed by atoms with Crippen LogP contribution in [0.25, 0.3) is 6.08 Å². The number of methoxy groups -OCH3 is 1. The van der Waals surface area contributed by atoms with Gasteiger partial charge in [0, 0.05) is 12.1 Å². The molecule has 0 unspecified atom stereocenters. The first-order valence-corrected chi connectivity index (χ1v) is 7.22. The van der Waals surface area contributed by atoms with Crippen LogP contribution < -0.4 is 0 Å². The Labute approximate surface area is 126 Å². The number of halogens is 1. The fraction of sp³-hybridized carbons (Fsp3) is 0.231. The predicted molar refractivity (Wildman–Crippen MR) is 83.2 cm³/mol. The highest BCUT2D eigenvalue weighted by Gasteiger charge is 2.31. The SMILES string of the molecule is COCCN1C(=O)C(=Cc2ccc(Cl)cc2)SC1=S. The Morgan fingerprint density at radius 1 is 1.42 bits per heavy atom. The van der Waals surface area contributed by atoms with Crippen molar-refractivity contribution in [2.24, 2.45) is 0 Å². The summed E-state index contributed by atoms with van der Waals surface area (Å²) in [5.74, 6) is -0.0676. The average molecular weight is 314 g/mol. The van der Waals surface area contributed by atoms with Gasteiger partial charge in [-0.2, -0.15) is 0 Å². The molecule has 100 valence electrons.